The zero-order valence-electron chi connectivity index (χ0n) is 28.0. The number of hydrogen-bond donors (Lipinski definition) is 0. The summed E-state index contributed by atoms with van der Waals surface area (Å²) < 4.78 is 0. The van der Waals surface area contributed by atoms with Gasteiger partial charge in [0, 0.05) is 22.3 Å². The molecule has 2 aliphatic carbocycles. The van der Waals surface area contributed by atoms with Crippen LogP contribution in [0.2, 0.25) is 0 Å². The quantitative estimate of drug-likeness (QED) is 0.175. The third-order valence-corrected chi connectivity index (χ3v) is 11.9. The van der Waals surface area contributed by atoms with Crippen LogP contribution in [0.1, 0.15) is 34.2 Å². The van der Waals surface area contributed by atoms with E-state index in [1.807, 2.05) is 11.8 Å². The van der Waals surface area contributed by atoms with Crippen molar-refractivity contribution in [3.05, 3.63) is 227 Å². The van der Waals surface area contributed by atoms with Crippen LogP contribution in [0.4, 0.5) is 11.4 Å². The summed E-state index contributed by atoms with van der Waals surface area (Å²) in [6.07, 6.45) is 5.65. The number of allylic oxidation sites excluding steroid dienone is 2. The lowest BCUT2D eigenvalue weighted by atomic mass is 9.67. The first kappa shape index (κ1) is 30.0. The number of anilines is 2. The minimum atomic E-state index is -0.476. The lowest BCUT2D eigenvalue weighted by molar-refractivity contribution is 0.768. The molecule has 0 saturated heterocycles. The van der Waals surface area contributed by atoms with Gasteiger partial charge in [0.1, 0.15) is 5.04 Å². The van der Waals surface area contributed by atoms with Gasteiger partial charge in [0.05, 0.1) is 22.0 Å². The lowest BCUT2D eigenvalue weighted by Crippen LogP contribution is -2.29. The predicted molar refractivity (Wildman–Crippen MR) is 215 cm³/mol. The summed E-state index contributed by atoms with van der Waals surface area (Å²) in [7, 11) is 0. The Bertz CT molecular complexity index is 2490. The van der Waals surface area contributed by atoms with Gasteiger partial charge < -0.3 is 4.90 Å². The summed E-state index contributed by atoms with van der Waals surface area (Å²) in [5, 5.41) is 3.86. The highest BCUT2D eigenvalue weighted by Gasteiger charge is 2.46. The summed E-state index contributed by atoms with van der Waals surface area (Å²) in [5.41, 5.74) is 13.0. The van der Waals surface area contributed by atoms with Crippen molar-refractivity contribution in [2.24, 2.45) is 4.99 Å². The van der Waals surface area contributed by atoms with E-state index in [0.717, 1.165) is 34.2 Å². The molecule has 1 unspecified atom stereocenters. The molecule has 3 heteroatoms. The molecule has 0 N–H and O–H groups in total. The fourth-order valence-corrected chi connectivity index (χ4v) is 9.55. The SMILES string of the molecule is C1=C2N=C(c3ccccc3)SC2CC=C1N(c1ccc2c(c1)C(c1ccccc1)(c1ccccc1)c1ccccc1-2)c1cccc2ccccc12. The molecule has 7 aromatic rings. The Labute approximate surface area is 303 Å². The van der Waals surface area contributed by atoms with Gasteiger partial charge in [0.2, 0.25) is 0 Å². The molecule has 2 nitrogen and oxygen atoms in total. The smallest absolute Gasteiger partial charge is 0.104 e. The maximum Gasteiger partial charge on any atom is 0.104 e. The van der Waals surface area contributed by atoms with Crippen LogP contribution in [0.5, 0.6) is 0 Å². The Morgan fingerprint density at radius 3 is 2.02 bits per heavy atom. The van der Waals surface area contributed by atoms with E-state index in [1.54, 1.807) is 0 Å². The predicted octanol–water partition coefficient (Wildman–Crippen LogP) is 12.1. The molecule has 3 aliphatic rings. The zero-order valence-corrected chi connectivity index (χ0v) is 28.8. The van der Waals surface area contributed by atoms with E-state index in [-0.39, 0.29) is 0 Å². The van der Waals surface area contributed by atoms with Gasteiger partial charge in [0.25, 0.3) is 0 Å². The second kappa shape index (κ2) is 12.2. The van der Waals surface area contributed by atoms with Gasteiger partial charge in [-0.05, 0) is 69.5 Å². The summed E-state index contributed by atoms with van der Waals surface area (Å²) in [4.78, 5) is 7.69. The monoisotopic (exact) mass is 670 g/mol. The van der Waals surface area contributed by atoms with Crippen molar-refractivity contribution in [1.82, 2.24) is 0 Å². The van der Waals surface area contributed by atoms with E-state index in [4.69, 9.17) is 4.99 Å². The molecule has 0 radical (unpaired) electrons. The second-order valence-corrected chi connectivity index (χ2v) is 14.6. The van der Waals surface area contributed by atoms with Crippen molar-refractivity contribution < 1.29 is 0 Å². The number of benzene rings is 7. The average Bonchev–Trinajstić information content (AvgIpc) is 3.77. The summed E-state index contributed by atoms with van der Waals surface area (Å²) in [5.74, 6) is 0. The summed E-state index contributed by atoms with van der Waals surface area (Å²) in [6.45, 7) is 0. The average molecular weight is 671 g/mol. The highest BCUT2D eigenvalue weighted by Crippen LogP contribution is 2.57. The third-order valence-electron chi connectivity index (χ3n) is 10.6. The Morgan fingerprint density at radius 2 is 1.24 bits per heavy atom. The Kier molecular flexibility index (Phi) is 7.14. The first-order valence-corrected chi connectivity index (χ1v) is 18.5. The molecular weight excluding hydrogens is 637 g/mol. The Balaban J connectivity index is 1.21. The lowest BCUT2D eigenvalue weighted by Gasteiger charge is -2.35. The highest BCUT2D eigenvalue weighted by atomic mass is 32.2. The van der Waals surface area contributed by atoms with Crippen molar-refractivity contribution in [1.29, 1.82) is 0 Å². The largest absolute Gasteiger partial charge is 0.310 e. The van der Waals surface area contributed by atoms with Crippen molar-refractivity contribution in [3.8, 4) is 11.1 Å². The first-order valence-electron chi connectivity index (χ1n) is 17.6. The molecule has 0 fully saturated rings. The molecule has 51 heavy (non-hydrogen) atoms. The molecule has 7 aromatic carbocycles. The maximum absolute atomic E-state index is 5.22. The molecule has 0 amide bonds. The van der Waals surface area contributed by atoms with Crippen molar-refractivity contribution in [2.75, 3.05) is 4.90 Å². The Morgan fingerprint density at radius 1 is 0.588 bits per heavy atom. The van der Waals surface area contributed by atoms with E-state index in [0.29, 0.717) is 5.25 Å². The highest BCUT2D eigenvalue weighted by molar-refractivity contribution is 8.15. The minimum Gasteiger partial charge on any atom is -0.310 e. The van der Waals surface area contributed by atoms with Crippen LogP contribution in [0.15, 0.2) is 204 Å². The van der Waals surface area contributed by atoms with E-state index in [2.05, 4.69) is 193 Å². The maximum atomic E-state index is 5.22. The molecule has 1 aliphatic heterocycles. The molecule has 10 rings (SSSR count). The second-order valence-electron chi connectivity index (χ2n) is 13.4. The molecule has 0 aromatic heterocycles. The Hall–Kier alpha value is -5.90. The molecule has 1 heterocycles. The van der Waals surface area contributed by atoms with E-state index < -0.39 is 5.41 Å². The summed E-state index contributed by atoms with van der Waals surface area (Å²) in [6, 6.07) is 64.2. The fraction of sp³-hybridized carbons (Fsp3) is 0.0625. The standard InChI is InChI=1S/C48H34N2S/c1-4-16-34(17-5-1)47-49-44-32-38(28-30-46(44)51-47)50(45-26-14-18-33-15-10-11-23-39(33)45)37-27-29-41-40-24-12-13-25-42(40)48(43(41)31-37,35-19-6-2-7-20-35)36-21-8-3-9-22-36/h1-29,31-32,46H,30H2. The van der Waals surface area contributed by atoms with Crippen LogP contribution >= 0.6 is 11.8 Å². The number of aliphatic imine (C=N–C) groups is 1. The van der Waals surface area contributed by atoms with Gasteiger partial charge in [-0.3, -0.25) is 0 Å². The summed E-state index contributed by atoms with van der Waals surface area (Å²) >= 11 is 1.88. The van der Waals surface area contributed by atoms with Gasteiger partial charge in [-0.2, -0.15) is 0 Å². The number of thioether (sulfide) groups is 1. The number of fused-ring (bicyclic) bond motifs is 5. The van der Waals surface area contributed by atoms with Crippen LogP contribution < -0.4 is 4.90 Å². The number of hydrogen-bond acceptors (Lipinski definition) is 3. The molecule has 0 spiro atoms. The first-order chi connectivity index (χ1) is 25.3. The van der Waals surface area contributed by atoms with Gasteiger partial charge in [-0.1, -0.05) is 176 Å². The van der Waals surface area contributed by atoms with Gasteiger partial charge in [-0.25, -0.2) is 4.99 Å². The molecule has 1 atom stereocenters. The van der Waals surface area contributed by atoms with Gasteiger partial charge in [0.15, 0.2) is 0 Å². The van der Waals surface area contributed by atoms with Crippen molar-refractivity contribution in [3.63, 3.8) is 0 Å². The van der Waals surface area contributed by atoms with Crippen molar-refractivity contribution >= 4 is 39.0 Å². The van der Waals surface area contributed by atoms with Crippen LogP contribution in [0.3, 0.4) is 0 Å². The molecular formula is C48H34N2S. The number of nitrogens with zero attached hydrogens (tertiary/aromatic N) is 2. The van der Waals surface area contributed by atoms with Crippen LogP contribution in [0, 0.1) is 0 Å². The van der Waals surface area contributed by atoms with E-state index in [9.17, 15) is 0 Å². The zero-order chi connectivity index (χ0) is 33.8. The van der Waals surface area contributed by atoms with Crippen molar-refractivity contribution in [2.45, 2.75) is 17.1 Å². The van der Waals surface area contributed by atoms with Gasteiger partial charge in [-0.15, -0.1) is 0 Å². The van der Waals surface area contributed by atoms with Gasteiger partial charge >= 0.3 is 0 Å². The minimum absolute atomic E-state index is 0.316. The van der Waals surface area contributed by atoms with E-state index in [1.165, 1.54) is 49.7 Å². The fourth-order valence-electron chi connectivity index (χ4n) is 8.41. The van der Waals surface area contributed by atoms with Crippen LogP contribution in [-0.4, -0.2) is 10.3 Å². The third kappa shape index (κ3) is 4.76. The molecule has 0 bridgehead atoms. The molecule has 0 saturated carbocycles. The number of rotatable bonds is 6. The normalized spacial score (nSPS) is 16.8. The van der Waals surface area contributed by atoms with E-state index >= 15 is 0 Å². The van der Waals surface area contributed by atoms with Crippen LogP contribution in [-0.2, 0) is 5.41 Å². The van der Waals surface area contributed by atoms with Crippen LogP contribution in [0.25, 0.3) is 21.9 Å². The molecule has 242 valence electrons. The topological polar surface area (TPSA) is 15.6 Å².